The third-order valence-electron chi connectivity index (χ3n) is 2.68. The number of anilines is 1. The Morgan fingerprint density at radius 3 is 3.00 bits per heavy atom. The molecule has 0 saturated carbocycles. The fourth-order valence-corrected chi connectivity index (χ4v) is 1.89. The van der Waals surface area contributed by atoms with Crippen LogP contribution in [0.15, 0.2) is 16.5 Å². The molecule has 0 spiro atoms. The smallest absolute Gasteiger partial charge is 0.195 e. The van der Waals surface area contributed by atoms with E-state index in [2.05, 4.69) is 11.8 Å². The van der Waals surface area contributed by atoms with Crippen LogP contribution < -0.4 is 10.6 Å². The summed E-state index contributed by atoms with van der Waals surface area (Å²) in [5.74, 6) is 1.85. The summed E-state index contributed by atoms with van der Waals surface area (Å²) >= 11 is 0. The van der Waals surface area contributed by atoms with E-state index in [4.69, 9.17) is 10.2 Å². The monoisotopic (exact) mass is 180 g/mol. The van der Waals surface area contributed by atoms with Crippen molar-refractivity contribution in [3.8, 4) is 0 Å². The maximum atomic E-state index is 5.59. The van der Waals surface area contributed by atoms with E-state index in [1.165, 1.54) is 12.8 Å². The summed E-state index contributed by atoms with van der Waals surface area (Å²) in [5.41, 5.74) is 5.48. The molecule has 2 rings (SSSR count). The minimum Gasteiger partial charge on any atom is -0.444 e. The Morgan fingerprint density at radius 1 is 1.62 bits per heavy atom. The fraction of sp³-hybridized carbons (Fsp3) is 0.600. The van der Waals surface area contributed by atoms with E-state index in [1.54, 1.807) is 0 Å². The minimum atomic E-state index is 0.488. The first-order valence-corrected chi connectivity index (χ1v) is 4.86. The van der Waals surface area contributed by atoms with E-state index < -0.39 is 0 Å². The van der Waals surface area contributed by atoms with Crippen LogP contribution in [0.4, 0.5) is 5.88 Å². The predicted molar refractivity (Wildman–Crippen MR) is 52.6 cm³/mol. The summed E-state index contributed by atoms with van der Waals surface area (Å²) in [5, 5.41) is 0. The highest BCUT2D eigenvalue weighted by atomic mass is 16.4. The molecule has 0 bridgehead atoms. The number of nitrogens with zero attached hydrogens (tertiary/aromatic N) is 1. The zero-order chi connectivity index (χ0) is 9.26. The third-order valence-corrected chi connectivity index (χ3v) is 2.68. The molecule has 1 unspecified atom stereocenters. The Morgan fingerprint density at radius 2 is 2.46 bits per heavy atom. The van der Waals surface area contributed by atoms with Gasteiger partial charge in [0.2, 0.25) is 0 Å². The maximum Gasteiger partial charge on any atom is 0.195 e. The lowest BCUT2D eigenvalue weighted by Crippen LogP contribution is -2.25. The molecule has 0 radical (unpaired) electrons. The molecular weight excluding hydrogens is 164 g/mol. The van der Waals surface area contributed by atoms with E-state index in [1.807, 2.05) is 12.1 Å². The van der Waals surface area contributed by atoms with Crippen LogP contribution in [-0.4, -0.2) is 12.6 Å². The molecule has 1 fully saturated rings. The molecule has 2 N–H and O–H groups in total. The average molecular weight is 180 g/mol. The second-order valence-corrected chi connectivity index (χ2v) is 3.63. The topological polar surface area (TPSA) is 42.4 Å². The summed E-state index contributed by atoms with van der Waals surface area (Å²) in [6, 6.07) is 4.58. The van der Waals surface area contributed by atoms with Gasteiger partial charge in [0.15, 0.2) is 5.88 Å². The van der Waals surface area contributed by atoms with Gasteiger partial charge in [-0.25, -0.2) is 0 Å². The molecular formula is C10H16N2O. The second kappa shape index (κ2) is 3.42. The van der Waals surface area contributed by atoms with Gasteiger partial charge in [-0.05, 0) is 25.8 Å². The van der Waals surface area contributed by atoms with Crippen molar-refractivity contribution < 1.29 is 4.42 Å². The summed E-state index contributed by atoms with van der Waals surface area (Å²) in [7, 11) is 0. The van der Waals surface area contributed by atoms with Crippen molar-refractivity contribution in [1.82, 2.24) is 0 Å². The highest BCUT2D eigenvalue weighted by molar-refractivity contribution is 5.38. The van der Waals surface area contributed by atoms with Gasteiger partial charge in [0.05, 0.1) is 6.54 Å². The van der Waals surface area contributed by atoms with E-state index in [0.29, 0.717) is 12.6 Å². The quantitative estimate of drug-likeness (QED) is 0.753. The molecule has 2 heterocycles. The lowest BCUT2D eigenvalue weighted by atomic mass is 10.2. The van der Waals surface area contributed by atoms with Gasteiger partial charge in [-0.15, -0.1) is 0 Å². The molecule has 1 aromatic heterocycles. The first-order valence-electron chi connectivity index (χ1n) is 4.86. The normalized spacial score (nSPS) is 22.6. The van der Waals surface area contributed by atoms with Crippen molar-refractivity contribution in [1.29, 1.82) is 0 Å². The summed E-state index contributed by atoms with van der Waals surface area (Å²) < 4.78 is 5.59. The molecule has 3 heteroatoms. The molecule has 0 aliphatic carbocycles. The maximum absolute atomic E-state index is 5.59. The van der Waals surface area contributed by atoms with Crippen molar-refractivity contribution in [2.45, 2.75) is 32.4 Å². The van der Waals surface area contributed by atoms with Crippen LogP contribution >= 0.6 is 0 Å². The Bertz CT molecular complexity index is 282. The SMILES string of the molecule is CC1CCCN1c1ccc(CN)o1. The predicted octanol–water partition coefficient (Wildman–Crippen LogP) is 1.73. The zero-order valence-corrected chi connectivity index (χ0v) is 7.99. The van der Waals surface area contributed by atoms with Crippen molar-refractivity contribution in [3.05, 3.63) is 17.9 Å². The van der Waals surface area contributed by atoms with Gasteiger partial charge in [0.1, 0.15) is 5.76 Å². The fourth-order valence-electron chi connectivity index (χ4n) is 1.89. The first-order chi connectivity index (χ1) is 6.31. The number of nitrogens with two attached hydrogens (primary N) is 1. The van der Waals surface area contributed by atoms with Gasteiger partial charge < -0.3 is 15.1 Å². The standard InChI is InChI=1S/C10H16N2O/c1-8-3-2-6-12(8)10-5-4-9(7-11)13-10/h4-5,8H,2-3,6-7,11H2,1H3. The largest absolute Gasteiger partial charge is 0.444 e. The molecule has 0 aromatic carbocycles. The minimum absolute atomic E-state index is 0.488. The number of hydrogen-bond acceptors (Lipinski definition) is 3. The number of rotatable bonds is 2. The van der Waals surface area contributed by atoms with Crippen LogP contribution in [0.1, 0.15) is 25.5 Å². The average Bonchev–Trinajstić information content (AvgIpc) is 2.71. The molecule has 1 saturated heterocycles. The summed E-state index contributed by atoms with van der Waals surface area (Å²) in [4.78, 5) is 2.30. The van der Waals surface area contributed by atoms with Gasteiger partial charge in [-0.3, -0.25) is 0 Å². The lowest BCUT2D eigenvalue weighted by Gasteiger charge is -2.19. The molecule has 0 amide bonds. The Hall–Kier alpha value is -0.960. The van der Waals surface area contributed by atoms with Crippen LogP contribution in [0.5, 0.6) is 0 Å². The van der Waals surface area contributed by atoms with Gasteiger partial charge in [0, 0.05) is 18.7 Å². The van der Waals surface area contributed by atoms with E-state index in [9.17, 15) is 0 Å². The van der Waals surface area contributed by atoms with Crippen molar-refractivity contribution in [2.75, 3.05) is 11.4 Å². The van der Waals surface area contributed by atoms with Crippen molar-refractivity contribution in [2.24, 2.45) is 5.73 Å². The van der Waals surface area contributed by atoms with Crippen LogP contribution in [0.3, 0.4) is 0 Å². The first kappa shape index (κ1) is 8.63. The van der Waals surface area contributed by atoms with Crippen LogP contribution in [0.25, 0.3) is 0 Å². The third kappa shape index (κ3) is 1.56. The molecule has 1 aliphatic heterocycles. The zero-order valence-electron chi connectivity index (χ0n) is 7.99. The van der Waals surface area contributed by atoms with E-state index >= 15 is 0 Å². The van der Waals surface area contributed by atoms with Crippen LogP contribution in [-0.2, 0) is 6.54 Å². The lowest BCUT2D eigenvalue weighted by molar-refractivity contribution is 0.496. The van der Waals surface area contributed by atoms with Gasteiger partial charge in [-0.2, -0.15) is 0 Å². The van der Waals surface area contributed by atoms with Crippen LogP contribution in [0, 0.1) is 0 Å². The molecule has 1 aliphatic rings. The van der Waals surface area contributed by atoms with Gasteiger partial charge in [0.25, 0.3) is 0 Å². The van der Waals surface area contributed by atoms with Crippen LogP contribution in [0.2, 0.25) is 0 Å². The Balaban J connectivity index is 2.15. The highest BCUT2D eigenvalue weighted by Gasteiger charge is 2.22. The molecule has 3 nitrogen and oxygen atoms in total. The second-order valence-electron chi connectivity index (χ2n) is 3.63. The molecule has 13 heavy (non-hydrogen) atoms. The number of furan rings is 1. The summed E-state index contributed by atoms with van der Waals surface area (Å²) in [6.07, 6.45) is 2.53. The Kier molecular flexibility index (Phi) is 2.27. The van der Waals surface area contributed by atoms with E-state index in [0.717, 1.165) is 18.2 Å². The molecule has 1 atom stereocenters. The molecule has 1 aromatic rings. The van der Waals surface area contributed by atoms with Gasteiger partial charge in [-0.1, -0.05) is 0 Å². The van der Waals surface area contributed by atoms with Gasteiger partial charge >= 0.3 is 0 Å². The molecule has 72 valence electrons. The highest BCUT2D eigenvalue weighted by Crippen LogP contribution is 2.26. The number of hydrogen-bond donors (Lipinski definition) is 1. The van der Waals surface area contributed by atoms with E-state index in [-0.39, 0.29) is 0 Å². The van der Waals surface area contributed by atoms with Crippen molar-refractivity contribution in [3.63, 3.8) is 0 Å². The van der Waals surface area contributed by atoms with Crippen molar-refractivity contribution >= 4 is 5.88 Å². The summed E-state index contributed by atoms with van der Waals surface area (Å²) in [6.45, 7) is 3.83. The Labute approximate surface area is 78.5 Å².